The molecule has 1 saturated carbocycles. The van der Waals surface area contributed by atoms with Crippen LogP contribution in [0.1, 0.15) is 44.1 Å². The van der Waals surface area contributed by atoms with Gasteiger partial charge in [-0.05, 0) is 57.3 Å². The van der Waals surface area contributed by atoms with Crippen LogP contribution in [0.5, 0.6) is 0 Å². The Morgan fingerprint density at radius 2 is 1.85 bits per heavy atom. The van der Waals surface area contributed by atoms with Gasteiger partial charge < -0.3 is 20.1 Å². The lowest BCUT2D eigenvalue weighted by atomic mass is 9.88. The van der Waals surface area contributed by atoms with Crippen molar-refractivity contribution in [3.63, 3.8) is 0 Å². The molecule has 2 N–H and O–H groups in total. The lowest BCUT2D eigenvalue weighted by molar-refractivity contribution is -0.122. The van der Waals surface area contributed by atoms with E-state index in [-0.39, 0.29) is 18.1 Å². The second kappa shape index (κ2) is 10.2. The summed E-state index contributed by atoms with van der Waals surface area (Å²) in [7, 11) is 2.15. The van der Waals surface area contributed by atoms with E-state index in [4.69, 9.17) is 14.6 Å². The van der Waals surface area contributed by atoms with Gasteiger partial charge in [0.15, 0.2) is 0 Å². The smallest absolute Gasteiger partial charge is 0.407 e. The number of carbonyl (C=O) groups is 2. The minimum atomic E-state index is -0.255. The molecule has 2 fully saturated rings. The number of piperidine rings is 1. The summed E-state index contributed by atoms with van der Waals surface area (Å²) in [5, 5.41) is 10.1. The first-order valence-electron chi connectivity index (χ1n) is 9.36. The molecule has 1 heterocycles. The predicted molar refractivity (Wildman–Crippen MR) is 100.0 cm³/mol. The third-order valence-electron chi connectivity index (χ3n) is 5.41. The number of amides is 1. The molecule has 1 aromatic carbocycles. The van der Waals surface area contributed by atoms with Gasteiger partial charge >= 0.3 is 6.09 Å². The summed E-state index contributed by atoms with van der Waals surface area (Å²) < 4.78 is 5.56. The van der Waals surface area contributed by atoms with E-state index in [1.165, 1.54) is 5.56 Å². The minimum Gasteiger partial charge on any atom is -0.483 e. The Morgan fingerprint density at radius 3 is 2.42 bits per heavy atom. The third-order valence-corrected chi connectivity index (χ3v) is 5.41. The summed E-state index contributed by atoms with van der Waals surface area (Å²) >= 11 is 0. The van der Waals surface area contributed by atoms with E-state index < -0.39 is 0 Å². The van der Waals surface area contributed by atoms with Crippen LogP contribution in [0.25, 0.3) is 0 Å². The molecule has 26 heavy (non-hydrogen) atoms. The van der Waals surface area contributed by atoms with Crippen LogP contribution in [-0.4, -0.2) is 49.3 Å². The van der Waals surface area contributed by atoms with E-state index in [9.17, 15) is 4.79 Å². The van der Waals surface area contributed by atoms with E-state index in [0.717, 1.165) is 51.6 Å². The fraction of sp³-hybridized carbons (Fsp3) is 0.600. The Morgan fingerprint density at radius 1 is 1.27 bits per heavy atom. The van der Waals surface area contributed by atoms with Gasteiger partial charge in [-0.15, -0.1) is 0 Å². The van der Waals surface area contributed by atoms with Crippen molar-refractivity contribution in [2.24, 2.45) is 5.92 Å². The maximum Gasteiger partial charge on any atom is 0.407 e. The molecule has 0 unspecified atom stereocenters. The number of nitrogens with zero attached hydrogens (tertiary/aromatic N) is 1. The van der Waals surface area contributed by atoms with E-state index in [0.29, 0.717) is 12.5 Å². The van der Waals surface area contributed by atoms with Crippen molar-refractivity contribution >= 4 is 12.6 Å². The van der Waals surface area contributed by atoms with Crippen molar-refractivity contribution in [2.45, 2.75) is 44.1 Å². The average molecular weight is 362 g/mol. The zero-order valence-corrected chi connectivity index (χ0v) is 15.5. The van der Waals surface area contributed by atoms with Crippen molar-refractivity contribution in [1.29, 1.82) is 0 Å². The molecule has 0 radical (unpaired) electrons. The van der Waals surface area contributed by atoms with Crippen LogP contribution in [0.3, 0.4) is 0 Å². The number of ether oxygens (including phenoxy) is 1. The lowest BCUT2D eigenvalue weighted by Gasteiger charge is -2.32. The molecule has 144 valence electrons. The van der Waals surface area contributed by atoms with Crippen LogP contribution >= 0.6 is 0 Å². The van der Waals surface area contributed by atoms with Gasteiger partial charge in [-0.1, -0.05) is 43.2 Å². The number of carbonyl (C=O) groups excluding carboxylic acids is 1. The summed E-state index contributed by atoms with van der Waals surface area (Å²) in [4.78, 5) is 23.0. The number of alkyl carbamates (subject to hydrolysis) is 1. The monoisotopic (exact) mass is 362 g/mol. The van der Waals surface area contributed by atoms with Crippen molar-refractivity contribution in [3.8, 4) is 0 Å². The van der Waals surface area contributed by atoms with E-state index in [2.05, 4.69) is 29.4 Å². The number of nitrogens with one attached hydrogen (secondary N) is 1. The molecule has 2 aliphatic rings. The number of rotatable bonds is 4. The highest BCUT2D eigenvalue weighted by atomic mass is 16.5. The number of hydrogen-bond donors (Lipinski definition) is 2. The van der Waals surface area contributed by atoms with Crippen LogP contribution in [0, 0.1) is 5.92 Å². The number of carboxylic acid groups (broad SMARTS) is 1. The maximum absolute atomic E-state index is 12.3. The quantitative estimate of drug-likeness (QED) is 0.804. The minimum absolute atomic E-state index is 0.231. The van der Waals surface area contributed by atoms with Crippen LogP contribution < -0.4 is 5.32 Å². The highest BCUT2D eigenvalue weighted by Crippen LogP contribution is 2.38. The van der Waals surface area contributed by atoms with Crippen LogP contribution in [0.2, 0.25) is 0 Å². The van der Waals surface area contributed by atoms with Crippen molar-refractivity contribution < 1.29 is 19.4 Å². The zero-order chi connectivity index (χ0) is 18.8. The molecule has 1 amide bonds. The third kappa shape index (κ3) is 5.73. The Labute approximate surface area is 155 Å². The Bertz CT molecular complexity index is 550. The van der Waals surface area contributed by atoms with Gasteiger partial charge in [-0.3, -0.25) is 4.79 Å². The van der Waals surface area contributed by atoms with Gasteiger partial charge in [0, 0.05) is 0 Å². The number of likely N-dealkylation sites (tertiary alicyclic amines) is 1. The fourth-order valence-electron chi connectivity index (χ4n) is 3.88. The number of hydrogen-bond acceptors (Lipinski definition) is 4. The van der Waals surface area contributed by atoms with Gasteiger partial charge in [0.1, 0.15) is 0 Å². The maximum atomic E-state index is 12.3. The molecule has 0 atom stereocenters. The summed E-state index contributed by atoms with van der Waals surface area (Å²) in [5.74, 6) is 0.508. The molecule has 0 spiro atoms. The molecule has 0 bridgehead atoms. The molecule has 1 saturated heterocycles. The Balaban J connectivity index is 0.000000758. The summed E-state index contributed by atoms with van der Waals surface area (Å²) in [6.07, 6.45) is 6.30. The first-order valence-corrected chi connectivity index (χ1v) is 9.36. The predicted octanol–water partition coefficient (Wildman–Crippen LogP) is 3.22. The normalized spacial score (nSPS) is 19.9. The van der Waals surface area contributed by atoms with Crippen LogP contribution in [-0.2, 0) is 15.1 Å². The van der Waals surface area contributed by atoms with Gasteiger partial charge in [0.05, 0.1) is 12.1 Å². The largest absolute Gasteiger partial charge is 0.483 e. The molecule has 6 heteroatoms. The topological polar surface area (TPSA) is 78.9 Å². The fourth-order valence-corrected chi connectivity index (χ4v) is 3.88. The van der Waals surface area contributed by atoms with Crippen LogP contribution in [0.15, 0.2) is 30.3 Å². The van der Waals surface area contributed by atoms with Crippen LogP contribution in [0.4, 0.5) is 4.79 Å². The molecule has 3 rings (SSSR count). The van der Waals surface area contributed by atoms with E-state index in [1.54, 1.807) is 0 Å². The molecule has 1 aromatic rings. The summed E-state index contributed by atoms with van der Waals surface area (Å²) in [6.45, 7) is 2.50. The first kappa shape index (κ1) is 20.2. The standard InChI is InChI=1S/C19H28N2O2.CH2O2/c1-21-13-9-16(10-14-21)15-23-18(22)20-19(11-5-6-12-19)17-7-3-2-4-8-17;2-1-3/h2-4,7-8,16H,5-6,9-15H2,1H3,(H,20,22);1H,(H,2,3). The van der Waals surface area contributed by atoms with Gasteiger partial charge in [-0.25, -0.2) is 4.79 Å². The summed E-state index contributed by atoms with van der Waals surface area (Å²) in [6, 6.07) is 10.3. The molecule has 1 aliphatic heterocycles. The highest BCUT2D eigenvalue weighted by Gasteiger charge is 2.37. The van der Waals surface area contributed by atoms with Gasteiger partial charge in [-0.2, -0.15) is 0 Å². The molecular weight excluding hydrogens is 332 g/mol. The van der Waals surface area contributed by atoms with Crippen molar-refractivity contribution in [2.75, 3.05) is 26.7 Å². The summed E-state index contributed by atoms with van der Waals surface area (Å²) in [5.41, 5.74) is 0.972. The van der Waals surface area contributed by atoms with E-state index in [1.807, 2.05) is 18.2 Å². The number of benzene rings is 1. The SMILES string of the molecule is CN1CCC(COC(=O)NC2(c3ccccc3)CCCC2)CC1.O=CO. The molecular formula is C20H30N2O4. The molecule has 6 nitrogen and oxygen atoms in total. The lowest BCUT2D eigenvalue weighted by Crippen LogP contribution is -2.44. The van der Waals surface area contributed by atoms with E-state index >= 15 is 0 Å². The first-order chi connectivity index (χ1) is 12.6. The second-order valence-corrected chi connectivity index (χ2v) is 7.23. The zero-order valence-electron chi connectivity index (χ0n) is 15.5. The van der Waals surface area contributed by atoms with Crippen molar-refractivity contribution in [1.82, 2.24) is 10.2 Å². The average Bonchev–Trinajstić information content (AvgIpc) is 3.12. The Hall–Kier alpha value is -2.08. The van der Waals surface area contributed by atoms with Gasteiger partial charge in [0.25, 0.3) is 6.47 Å². The van der Waals surface area contributed by atoms with Gasteiger partial charge in [0.2, 0.25) is 0 Å². The second-order valence-electron chi connectivity index (χ2n) is 7.23. The Kier molecular flexibility index (Phi) is 7.91. The molecule has 0 aromatic heterocycles. The van der Waals surface area contributed by atoms with Crippen molar-refractivity contribution in [3.05, 3.63) is 35.9 Å². The molecule has 1 aliphatic carbocycles. The highest BCUT2D eigenvalue weighted by molar-refractivity contribution is 5.68.